The second-order valence-corrected chi connectivity index (χ2v) is 6.60. The van der Waals surface area contributed by atoms with Gasteiger partial charge in [-0.05, 0) is 57.8 Å². The van der Waals surface area contributed by atoms with Crippen molar-refractivity contribution in [2.75, 3.05) is 19.6 Å². The minimum atomic E-state index is 0. The molecule has 0 atom stereocenters. The lowest BCUT2D eigenvalue weighted by Crippen LogP contribution is -2.41. The van der Waals surface area contributed by atoms with Gasteiger partial charge in [-0.15, -0.1) is 24.0 Å². The Hall–Kier alpha value is -0.820. The van der Waals surface area contributed by atoms with E-state index < -0.39 is 0 Å². The molecular formula is C19H33IN4. The van der Waals surface area contributed by atoms with Crippen LogP contribution in [-0.2, 0) is 13.1 Å². The molecule has 1 heterocycles. The van der Waals surface area contributed by atoms with E-state index in [0.29, 0.717) is 6.04 Å². The van der Waals surface area contributed by atoms with Crippen LogP contribution in [-0.4, -0.2) is 36.5 Å². The van der Waals surface area contributed by atoms with Crippen molar-refractivity contribution < 1.29 is 0 Å². The summed E-state index contributed by atoms with van der Waals surface area (Å²) in [6.07, 6.45) is 4.06. The van der Waals surface area contributed by atoms with Crippen LogP contribution in [0.25, 0.3) is 0 Å². The van der Waals surface area contributed by atoms with E-state index >= 15 is 0 Å². The number of likely N-dealkylation sites (tertiary alicyclic amines) is 1. The maximum absolute atomic E-state index is 4.75. The predicted octanol–water partition coefficient (Wildman–Crippen LogP) is 3.75. The summed E-state index contributed by atoms with van der Waals surface area (Å²) in [7, 11) is 0. The van der Waals surface area contributed by atoms with Gasteiger partial charge in [-0.3, -0.25) is 4.90 Å². The van der Waals surface area contributed by atoms with Crippen LogP contribution in [0.5, 0.6) is 0 Å². The van der Waals surface area contributed by atoms with Gasteiger partial charge < -0.3 is 10.6 Å². The Morgan fingerprint density at radius 2 is 1.79 bits per heavy atom. The summed E-state index contributed by atoms with van der Waals surface area (Å²) in [5.41, 5.74) is 2.75. The molecule has 4 nitrogen and oxygen atoms in total. The molecule has 2 rings (SSSR count). The van der Waals surface area contributed by atoms with Gasteiger partial charge in [-0.25, -0.2) is 4.99 Å². The number of nitrogens with zero attached hydrogens (tertiary/aromatic N) is 2. The van der Waals surface area contributed by atoms with E-state index in [1.165, 1.54) is 43.5 Å². The second kappa shape index (κ2) is 11.7. The van der Waals surface area contributed by atoms with Crippen molar-refractivity contribution in [3.05, 3.63) is 35.4 Å². The fourth-order valence-corrected chi connectivity index (χ4v) is 2.98. The van der Waals surface area contributed by atoms with Crippen LogP contribution in [0.3, 0.4) is 0 Å². The first-order valence-electron chi connectivity index (χ1n) is 9.03. The Morgan fingerprint density at radius 1 is 1.12 bits per heavy atom. The highest BCUT2D eigenvalue weighted by atomic mass is 127. The van der Waals surface area contributed by atoms with Gasteiger partial charge in [0.25, 0.3) is 0 Å². The van der Waals surface area contributed by atoms with Gasteiger partial charge in [-0.1, -0.05) is 30.7 Å². The molecule has 136 valence electrons. The van der Waals surface area contributed by atoms with Crippen molar-refractivity contribution in [2.24, 2.45) is 4.99 Å². The van der Waals surface area contributed by atoms with Crippen molar-refractivity contribution >= 4 is 29.9 Å². The first-order chi connectivity index (χ1) is 11.2. The molecule has 1 aromatic carbocycles. The molecule has 24 heavy (non-hydrogen) atoms. The van der Waals surface area contributed by atoms with Crippen LogP contribution >= 0.6 is 24.0 Å². The van der Waals surface area contributed by atoms with E-state index in [9.17, 15) is 0 Å². The summed E-state index contributed by atoms with van der Waals surface area (Å²) < 4.78 is 0. The second-order valence-electron chi connectivity index (χ2n) is 6.60. The fraction of sp³-hybridized carbons (Fsp3) is 0.632. The average Bonchev–Trinajstić information content (AvgIpc) is 2.54. The quantitative estimate of drug-likeness (QED) is 0.399. The number of rotatable bonds is 6. The number of hydrogen-bond acceptors (Lipinski definition) is 2. The maximum Gasteiger partial charge on any atom is 0.191 e. The van der Waals surface area contributed by atoms with Crippen molar-refractivity contribution in [3.63, 3.8) is 0 Å². The molecule has 2 N–H and O–H groups in total. The molecule has 0 bridgehead atoms. The van der Waals surface area contributed by atoms with E-state index in [1.54, 1.807) is 0 Å². The van der Waals surface area contributed by atoms with Crippen molar-refractivity contribution in [3.8, 4) is 0 Å². The van der Waals surface area contributed by atoms with Crippen LogP contribution in [0.4, 0.5) is 0 Å². The number of guanidine groups is 1. The van der Waals surface area contributed by atoms with Crippen LogP contribution < -0.4 is 10.6 Å². The van der Waals surface area contributed by atoms with E-state index in [2.05, 4.69) is 60.6 Å². The first-order valence-corrected chi connectivity index (χ1v) is 9.03. The molecule has 0 aromatic heterocycles. The lowest BCUT2D eigenvalue weighted by molar-refractivity contribution is 0.220. The van der Waals surface area contributed by atoms with Crippen molar-refractivity contribution in [2.45, 2.75) is 59.2 Å². The minimum absolute atomic E-state index is 0. The lowest BCUT2D eigenvalue weighted by Gasteiger charge is -2.27. The SMILES string of the molecule is CCNC(=NCc1ccccc1CN1CCCCC1)NC(C)C.I. The Balaban J connectivity index is 0.00000288. The molecule has 0 radical (unpaired) electrons. The largest absolute Gasteiger partial charge is 0.357 e. The van der Waals surface area contributed by atoms with E-state index in [1.807, 2.05) is 0 Å². The molecule has 0 unspecified atom stereocenters. The molecule has 1 saturated heterocycles. The van der Waals surface area contributed by atoms with E-state index in [4.69, 9.17) is 4.99 Å². The third-order valence-electron chi connectivity index (χ3n) is 4.14. The summed E-state index contributed by atoms with van der Waals surface area (Å²) in [6.45, 7) is 11.5. The number of halogens is 1. The number of aliphatic imine (C=N–C) groups is 1. The molecule has 1 aromatic rings. The summed E-state index contributed by atoms with van der Waals surface area (Å²) >= 11 is 0. The standard InChI is InChI=1S/C19H32N4.HI/c1-4-20-19(22-16(2)3)21-14-17-10-6-7-11-18(17)15-23-12-8-5-9-13-23;/h6-7,10-11,16H,4-5,8-9,12-15H2,1-3H3,(H2,20,21,22);1H. The molecule has 0 saturated carbocycles. The molecule has 1 fully saturated rings. The lowest BCUT2D eigenvalue weighted by atomic mass is 10.1. The molecule has 1 aliphatic heterocycles. The van der Waals surface area contributed by atoms with Crippen LogP contribution in [0.2, 0.25) is 0 Å². The van der Waals surface area contributed by atoms with Gasteiger partial charge >= 0.3 is 0 Å². The first kappa shape index (κ1) is 21.2. The number of nitrogens with one attached hydrogen (secondary N) is 2. The third kappa shape index (κ3) is 7.38. The predicted molar refractivity (Wildman–Crippen MR) is 114 cm³/mol. The number of hydrogen-bond donors (Lipinski definition) is 2. The zero-order chi connectivity index (χ0) is 16.5. The fourth-order valence-electron chi connectivity index (χ4n) is 2.98. The summed E-state index contributed by atoms with van der Waals surface area (Å²) in [4.78, 5) is 7.33. The summed E-state index contributed by atoms with van der Waals surface area (Å²) in [6, 6.07) is 9.11. The third-order valence-corrected chi connectivity index (χ3v) is 4.14. The van der Waals surface area contributed by atoms with Crippen LogP contribution in [0.1, 0.15) is 51.2 Å². The molecule has 0 spiro atoms. The zero-order valence-corrected chi connectivity index (χ0v) is 17.7. The highest BCUT2D eigenvalue weighted by Gasteiger charge is 2.12. The molecule has 1 aliphatic rings. The molecule has 0 aliphatic carbocycles. The Kier molecular flexibility index (Phi) is 10.3. The van der Waals surface area contributed by atoms with Gasteiger partial charge in [0.2, 0.25) is 0 Å². The van der Waals surface area contributed by atoms with Crippen LogP contribution in [0, 0.1) is 0 Å². The Labute approximate surface area is 164 Å². The molecule has 5 heteroatoms. The zero-order valence-electron chi connectivity index (χ0n) is 15.3. The molecular weight excluding hydrogens is 411 g/mol. The highest BCUT2D eigenvalue weighted by molar-refractivity contribution is 14.0. The van der Waals surface area contributed by atoms with Gasteiger partial charge in [-0.2, -0.15) is 0 Å². The van der Waals surface area contributed by atoms with Gasteiger partial charge in [0.05, 0.1) is 6.54 Å². The molecule has 0 amide bonds. The minimum Gasteiger partial charge on any atom is -0.357 e. The van der Waals surface area contributed by atoms with Crippen molar-refractivity contribution in [1.29, 1.82) is 0 Å². The number of piperidine rings is 1. The maximum atomic E-state index is 4.75. The van der Waals surface area contributed by atoms with Crippen LogP contribution in [0.15, 0.2) is 29.3 Å². The van der Waals surface area contributed by atoms with Crippen molar-refractivity contribution in [1.82, 2.24) is 15.5 Å². The normalized spacial score (nSPS) is 15.9. The summed E-state index contributed by atoms with van der Waals surface area (Å²) in [5.74, 6) is 0.898. The van der Waals surface area contributed by atoms with E-state index in [-0.39, 0.29) is 24.0 Å². The average molecular weight is 444 g/mol. The number of benzene rings is 1. The summed E-state index contributed by atoms with van der Waals surface area (Å²) in [5, 5.41) is 6.69. The monoisotopic (exact) mass is 444 g/mol. The van der Waals surface area contributed by atoms with Gasteiger partial charge in [0, 0.05) is 19.1 Å². The van der Waals surface area contributed by atoms with Gasteiger partial charge in [0.15, 0.2) is 5.96 Å². The Morgan fingerprint density at radius 3 is 2.42 bits per heavy atom. The smallest absolute Gasteiger partial charge is 0.191 e. The van der Waals surface area contributed by atoms with E-state index in [0.717, 1.165) is 25.6 Å². The highest BCUT2D eigenvalue weighted by Crippen LogP contribution is 2.16. The van der Waals surface area contributed by atoms with Gasteiger partial charge in [0.1, 0.15) is 0 Å². The topological polar surface area (TPSA) is 39.7 Å². The Bertz CT molecular complexity index is 496.